The lowest BCUT2D eigenvalue weighted by Crippen LogP contribution is -2.30. The van der Waals surface area contributed by atoms with Crippen LogP contribution in [0.15, 0.2) is 16.6 Å². The average Bonchev–Trinajstić information content (AvgIpc) is 2.93. The number of amides is 1. The number of carbonyl (C=O) groups is 2. The van der Waals surface area contributed by atoms with Gasteiger partial charge in [-0.3, -0.25) is 14.0 Å². The SMILES string of the molecule is NCCNC(=O)CSc1nc2sccn2c1C=O. The van der Waals surface area contributed by atoms with E-state index in [2.05, 4.69) is 10.3 Å². The molecule has 6 nitrogen and oxygen atoms in total. The third-order valence-electron chi connectivity index (χ3n) is 2.18. The van der Waals surface area contributed by atoms with Gasteiger partial charge in [0.05, 0.1) is 5.75 Å². The molecule has 0 spiro atoms. The molecule has 3 N–H and O–H groups in total. The van der Waals surface area contributed by atoms with Crippen molar-refractivity contribution in [1.29, 1.82) is 0 Å². The predicted octanol–water partition coefficient (Wildman–Crippen LogP) is 0.375. The van der Waals surface area contributed by atoms with Crippen molar-refractivity contribution in [2.75, 3.05) is 18.8 Å². The third kappa shape index (κ3) is 2.71. The monoisotopic (exact) mass is 284 g/mol. The molecule has 0 saturated heterocycles. The number of aromatic nitrogens is 2. The van der Waals surface area contributed by atoms with Crippen LogP contribution in [-0.2, 0) is 4.79 Å². The lowest BCUT2D eigenvalue weighted by molar-refractivity contribution is -0.118. The number of thiazole rings is 1. The van der Waals surface area contributed by atoms with E-state index in [1.165, 1.54) is 23.1 Å². The zero-order valence-corrected chi connectivity index (χ0v) is 11.1. The molecule has 2 aromatic rings. The number of rotatable bonds is 6. The number of imidazole rings is 1. The first-order valence-corrected chi connectivity index (χ1v) is 7.13. The van der Waals surface area contributed by atoms with Crippen LogP contribution in [0.3, 0.4) is 0 Å². The maximum absolute atomic E-state index is 11.4. The van der Waals surface area contributed by atoms with E-state index in [0.717, 1.165) is 11.2 Å². The van der Waals surface area contributed by atoms with Gasteiger partial charge >= 0.3 is 0 Å². The van der Waals surface area contributed by atoms with E-state index in [1.807, 2.05) is 5.38 Å². The molecule has 2 rings (SSSR count). The summed E-state index contributed by atoms with van der Waals surface area (Å²) >= 11 is 2.70. The fraction of sp³-hybridized carbons (Fsp3) is 0.300. The van der Waals surface area contributed by atoms with E-state index >= 15 is 0 Å². The Morgan fingerprint density at radius 1 is 1.67 bits per heavy atom. The first-order valence-electron chi connectivity index (χ1n) is 5.26. The second-order valence-electron chi connectivity index (χ2n) is 3.40. The summed E-state index contributed by atoms with van der Waals surface area (Å²) in [5.74, 6) is 0.115. The van der Waals surface area contributed by atoms with E-state index in [4.69, 9.17) is 5.73 Å². The number of carbonyl (C=O) groups excluding carboxylic acids is 2. The lowest BCUT2D eigenvalue weighted by atomic mass is 10.5. The minimum absolute atomic E-state index is 0.112. The highest BCUT2D eigenvalue weighted by Crippen LogP contribution is 2.24. The highest BCUT2D eigenvalue weighted by molar-refractivity contribution is 8.00. The molecule has 1 amide bonds. The van der Waals surface area contributed by atoms with E-state index in [9.17, 15) is 9.59 Å². The van der Waals surface area contributed by atoms with Gasteiger partial charge in [-0.1, -0.05) is 11.8 Å². The fourth-order valence-electron chi connectivity index (χ4n) is 1.39. The van der Waals surface area contributed by atoms with Crippen LogP contribution in [0.1, 0.15) is 10.5 Å². The van der Waals surface area contributed by atoms with Crippen LogP contribution in [0.4, 0.5) is 0 Å². The number of hydrogen-bond acceptors (Lipinski definition) is 6. The van der Waals surface area contributed by atoms with Gasteiger partial charge in [0.2, 0.25) is 5.91 Å². The number of nitrogens with one attached hydrogen (secondary N) is 1. The second-order valence-corrected chi connectivity index (χ2v) is 5.24. The van der Waals surface area contributed by atoms with Crippen molar-refractivity contribution in [3.05, 3.63) is 17.3 Å². The standard InChI is InChI=1S/C10H12N4O2S2/c11-1-2-12-8(16)6-18-9-7(5-15)14-3-4-17-10(14)13-9/h3-5H,1-2,6,11H2,(H,12,16). The molecular weight excluding hydrogens is 272 g/mol. The zero-order chi connectivity index (χ0) is 13.0. The molecule has 0 aliphatic heterocycles. The van der Waals surface area contributed by atoms with Crippen molar-refractivity contribution in [2.24, 2.45) is 5.73 Å². The van der Waals surface area contributed by atoms with Crippen LogP contribution in [-0.4, -0.2) is 40.4 Å². The Bertz CT molecular complexity index is 563. The van der Waals surface area contributed by atoms with Crippen LogP contribution in [0, 0.1) is 0 Å². The molecule has 0 aliphatic rings. The zero-order valence-electron chi connectivity index (χ0n) is 9.46. The van der Waals surface area contributed by atoms with Crippen molar-refractivity contribution in [3.63, 3.8) is 0 Å². The Hall–Kier alpha value is -1.38. The number of thioether (sulfide) groups is 1. The van der Waals surface area contributed by atoms with Gasteiger partial charge in [-0.15, -0.1) is 11.3 Å². The first-order chi connectivity index (χ1) is 8.76. The summed E-state index contributed by atoms with van der Waals surface area (Å²) in [6.07, 6.45) is 2.54. The number of fused-ring (bicyclic) bond motifs is 1. The number of nitrogens with zero attached hydrogens (tertiary/aromatic N) is 2. The molecule has 0 aromatic carbocycles. The van der Waals surface area contributed by atoms with E-state index in [-0.39, 0.29) is 11.7 Å². The van der Waals surface area contributed by atoms with Crippen LogP contribution >= 0.6 is 23.1 Å². The highest BCUT2D eigenvalue weighted by Gasteiger charge is 2.14. The molecular formula is C10H12N4O2S2. The maximum Gasteiger partial charge on any atom is 0.230 e. The van der Waals surface area contributed by atoms with Crippen LogP contribution in [0.25, 0.3) is 4.96 Å². The normalized spacial score (nSPS) is 10.7. The molecule has 0 radical (unpaired) electrons. The van der Waals surface area contributed by atoms with Gasteiger partial charge in [0.15, 0.2) is 11.2 Å². The van der Waals surface area contributed by atoms with E-state index in [1.54, 1.807) is 10.6 Å². The summed E-state index contributed by atoms with van der Waals surface area (Å²) in [5, 5.41) is 5.10. The molecule has 0 fully saturated rings. The van der Waals surface area contributed by atoms with Crippen molar-refractivity contribution in [3.8, 4) is 0 Å². The molecule has 96 valence electrons. The van der Waals surface area contributed by atoms with Crippen molar-refractivity contribution in [2.45, 2.75) is 5.03 Å². The van der Waals surface area contributed by atoms with Gasteiger partial charge in [0, 0.05) is 24.7 Å². The summed E-state index contributed by atoms with van der Waals surface area (Å²) in [7, 11) is 0. The minimum atomic E-state index is -0.112. The second kappa shape index (κ2) is 5.98. The summed E-state index contributed by atoms with van der Waals surface area (Å²) in [6.45, 7) is 0.869. The van der Waals surface area contributed by atoms with Gasteiger partial charge in [-0.05, 0) is 0 Å². The number of hydrogen-bond donors (Lipinski definition) is 2. The number of aldehydes is 1. The average molecular weight is 284 g/mol. The largest absolute Gasteiger partial charge is 0.354 e. The van der Waals surface area contributed by atoms with E-state index in [0.29, 0.717) is 23.8 Å². The molecule has 0 aliphatic carbocycles. The van der Waals surface area contributed by atoms with Crippen molar-refractivity contribution < 1.29 is 9.59 Å². The van der Waals surface area contributed by atoms with Gasteiger partial charge in [0.25, 0.3) is 0 Å². The molecule has 8 heteroatoms. The van der Waals surface area contributed by atoms with Crippen LogP contribution in [0.5, 0.6) is 0 Å². The van der Waals surface area contributed by atoms with Gasteiger partial charge in [0.1, 0.15) is 10.7 Å². The van der Waals surface area contributed by atoms with Gasteiger partial charge < -0.3 is 11.1 Å². The van der Waals surface area contributed by atoms with E-state index < -0.39 is 0 Å². The quantitative estimate of drug-likeness (QED) is 0.591. The summed E-state index contributed by atoms with van der Waals surface area (Å²) in [5.41, 5.74) is 5.77. The Morgan fingerprint density at radius 2 is 2.50 bits per heavy atom. The Kier molecular flexibility index (Phi) is 4.34. The molecule has 0 unspecified atom stereocenters. The van der Waals surface area contributed by atoms with Crippen molar-refractivity contribution >= 4 is 40.3 Å². The Morgan fingerprint density at radius 3 is 3.22 bits per heavy atom. The summed E-state index contributed by atoms with van der Waals surface area (Å²) in [6, 6.07) is 0. The molecule has 0 atom stereocenters. The molecule has 2 aromatic heterocycles. The highest BCUT2D eigenvalue weighted by atomic mass is 32.2. The smallest absolute Gasteiger partial charge is 0.230 e. The minimum Gasteiger partial charge on any atom is -0.354 e. The maximum atomic E-state index is 11.4. The first kappa shape index (κ1) is 13.1. The van der Waals surface area contributed by atoms with Gasteiger partial charge in [-0.25, -0.2) is 4.98 Å². The van der Waals surface area contributed by atoms with Crippen LogP contribution in [0.2, 0.25) is 0 Å². The third-order valence-corrected chi connectivity index (χ3v) is 3.92. The van der Waals surface area contributed by atoms with Crippen molar-refractivity contribution in [1.82, 2.24) is 14.7 Å². The Balaban J connectivity index is 2.05. The molecule has 18 heavy (non-hydrogen) atoms. The predicted molar refractivity (Wildman–Crippen MR) is 71.2 cm³/mol. The number of nitrogens with two attached hydrogens (primary N) is 1. The molecule has 2 heterocycles. The van der Waals surface area contributed by atoms with Crippen LogP contribution < -0.4 is 11.1 Å². The topological polar surface area (TPSA) is 89.5 Å². The lowest BCUT2D eigenvalue weighted by Gasteiger charge is -2.01. The van der Waals surface area contributed by atoms with Gasteiger partial charge in [-0.2, -0.15) is 0 Å². The summed E-state index contributed by atoms with van der Waals surface area (Å²) < 4.78 is 1.72. The Labute approximate surface area is 112 Å². The fourth-order valence-corrected chi connectivity index (χ4v) is 2.99. The molecule has 0 bridgehead atoms. The summed E-state index contributed by atoms with van der Waals surface area (Å²) in [4.78, 5) is 27.5. The molecule has 0 saturated carbocycles.